The molecule has 5 nitrogen and oxygen atoms in total. The molecule has 1 atom stereocenters. The third-order valence-corrected chi connectivity index (χ3v) is 4.38. The van der Waals surface area contributed by atoms with Crippen molar-refractivity contribution in [2.75, 3.05) is 0 Å². The Balaban J connectivity index is 1.92. The van der Waals surface area contributed by atoms with Gasteiger partial charge in [0.2, 0.25) is 5.91 Å². The summed E-state index contributed by atoms with van der Waals surface area (Å²) >= 11 is 0. The molecule has 29 heavy (non-hydrogen) atoms. The van der Waals surface area contributed by atoms with Gasteiger partial charge in [-0.25, -0.2) is 4.39 Å². The number of ketones is 1. The molecule has 1 aromatic carbocycles. The van der Waals surface area contributed by atoms with Gasteiger partial charge in [-0.2, -0.15) is 13.2 Å². The zero-order chi connectivity index (χ0) is 21.3. The maximum atomic E-state index is 14.1. The zero-order valence-corrected chi connectivity index (χ0v) is 14.8. The SMILES string of the molecule is C=CCC1C(=O)NC(=O)/C(=C\c2ccc(-c3ccc(C(F)(F)F)cc3F)[nH]2)C1=O. The lowest BCUT2D eigenvalue weighted by atomic mass is 9.89. The van der Waals surface area contributed by atoms with Gasteiger partial charge in [-0.15, -0.1) is 6.58 Å². The normalized spacial score (nSPS) is 18.8. The third kappa shape index (κ3) is 4.03. The fraction of sp³-hybridized carbons (Fsp3) is 0.150. The molecule has 0 spiro atoms. The van der Waals surface area contributed by atoms with Crippen LogP contribution in [0.2, 0.25) is 0 Å². The molecule has 0 bridgehead atoms. The topological polar surface area (TPSA) is 79.0 Å². The molecule has 1 unspecified atom stereocenters. The molecule has 1 aliphatic heterocycles. The molecule has 150 valence electrons. The summed E-state index contributed by atoms with van der Waals surface area (Å²) in [5, 5.41) is 2.09. The molecule has 3 rings (SSSR count). The highest BCUT2D eigenvalue weighted by molar-refractivity contribution is 6.33. The van der Waals surface area contributed by atoms with E-state index in [4.69, 9.17) is 0 Å². The molecule has 1 aromatic heterocycles. The Morgan fingerprint density at radius 1 is 1.10 bits per heavy atom. The average Bonchev–Trinajstić information content (AvgIpc) is 3.09. The van der Waals surface area contributed by atoms with Crippen LogP contribution < -0.4 is 5.32 Å². The smallest absolute Gasteiger partial charge is 0.355 e. The molecule has 0 aliphatic carbocycles. The standard InChI is InChI=1S/C20H14F4N2O3/c1-2-3-13-17(27)14(19(29)26-18(13)28)9-11-5-7-16(25-11)12-6-4-10(8-15(12)21)20(22,23)24/h2,4-9,13,25H,1,3H2,(H,26,28,29)/b14-9-. The number of carbonyl (C=O) groups is 3. The van der Waals surface area contributed by atoms with Crippen LogP contribution >= 0.6 is 0 Å². The maximum Gasteiger partial charge on any atom is 0.416 e. The molecule has 2 amide bonds. The van der Waals surface area contributed by atoms with Gasteiger partial charge < -0.3 is 4.98 Å². The van der Waals surface area contributed by atoms with E-state index >= 15 is 0 Å². The first-order valence-electron chi connectivity index (χ1n) is 8.40. The van der Waals surface area contributed by atoms with Crippen LogP contribution in [0, 0.1) is 11.7 Å². The summed E-state index contributed by atoms with van der Waals surface area (Å²) < 4.78 is 52.2. The van der Waals surface area contributed by atoms with Crippen LogP contribution in [-0.2, 0) is 20.6 Å². The number of benzene rings is 1. The fourth-order valence-corrected chi connectivity index (χ4v) is 2.92. The lowest BCUT2D eigenvalue weighted by Crippen LogP contribution is -2.47. The number of amides is 2. The van der Waals surface area contributed by atoms with Crippen LogP contribution in [0.3, 0.4) is 0 Å². The number of nitrogens with one attached hydrogen (secondary N) is 2. The molecular weight excluding hydrogens is 392 g/mol. The van der Waals surface area contributed by atoms with E-state index in [2.05, 4.69) is 16.9 Å². The van der Waals surface area contributed by atoms with Gasteiger partial charge in [0.25, 0.3) is 5.91 Å². The van der Waals surface area contributed by atoms with Gasteiger partial charge in [0.05, 0.1) is 11.1 Å². The van der Waals surface area contributed by atoms with Gasteiger partial charge in [0.15, 0.2) is 5.78 Å². The molecule has 2 aromatic rings. The van der Waals surface area contributed by atoms with E-state index in [-0.39, 0.29) is 28.9 Å². The number of aromatic nitrogens is 1. The highest BCUT2D eigenvalue weighted by Crippen LogP contribution is 2.32. The van der Waals surface area contributed by atoms with Crippen LogP contribution in [0.5, 0.6) is 0 Å². The van der Waals surface area contributed by atoms with E-state index in [0.29, 0.717) is 6.07 Å². The number of alkyl halides is 3. The molecule has 1 aliphatic rings. The van der Waals surface area contributed by atoms with Crippen LogP contribution in [0.15, 0.2) is 48.6 Å². The molecule has 0 radical (unpaired) electrons. The monoisotopic (exact) mass is 406 g/mol. The number of carbonyl (C=O) groups excluding carboxylic acids is 3. The zero-order valence-electron chi connectivity index (χ0n) is 14.8. The molecule has 1 saturated heterocycles. The predicted molar refractivity (Wildman–Crippen MR) is 95.6 cm³/mol. The number of rotatable bonds is 4. The van der Waals surface area contributed by atoms with Crippen LogP contribution in [0.1, 0.15) is 17.7 Å². The Labute approximate surface area is 162 Å². The number of aromatic amines is 1. The molecular formula is C20H14F4N2O3. The first kappa shape index (κ1) is 20.2. The number of H-pyrrole nitrogens is 1. The minimum atomic E-state index is -4.67. The predicted octanol–water partition coefficient (Wildman–Crippen LogP) is 3.64. The lowest BCUT2D eigenvalue weighted by Gasteiger charge is -2.20. The molecule has 2 N–H and O–H groups in total. The van der Waals surface area contributed by atoms with Crippen molar-refractivity contribution in [3.63, 3.8) is 0 Å². The van der Waals surface area contributed by atoms with E-state index in [1.165, 1.54) is 24.3 Å². The summed E-state index contributed by atoms with van der Waals surface area (Å²) in [7, 11) is 0. The minimum absolute atomic E-state index is 0.0576. The molecule has 0 saturated carbocycles. The molecule has 9 heteroatoms. The van der Waals surface area contributed by atoms with Crippen molar-refractivity contribution in [1.29, 1.82) is 0 Å². The van der Waals surface area contributed by atoms with Gasteiger partial charge in [-0.05, 0) is 42.8 Å². The van der Waals surface area contributed by atoms with Gasteiger partial charge in [0, 0.05) is 17.0 Å². The van der Waals surface area contributed by atoms with Crippen molar-refractivity contribution in [2.24, 2.45) is 5.92 Å². The van der Waals surface area contributed by atoms with Gasteiger partial charge in [-0.1, -0.05) is 6.08 Å². The van der Waals surface area contributed by atoms with Crippen LogP contribution in [-0.4, -0.2) is 22.6 Å². The number of allylic oxidation sites excluding steroid dienone is 1. The van der Waals surface area contributed by atoms with Crippen molar-refractivity contribution in [2.45, 2.75) is 12.6 Å². The Hall–Kier alpha value is -3.49. The van der Waals surface area contributed by atoms with E-state index in [9.17, 15) is 31.9 Å². The van der Waals surface area contributed by atoms with E-state index in [1.807, 2.05) is 0 Å². The number of hydrogen-bond donors (Lipinski definition) is 2. The Morgan fingerprint density at radius 3 is 2.45 bits per heavy atom. The quantitative estimate of drug-likeness (QED) is 0.203. The third-order valence-electron chi connectivity index (χ3n) is 4.38. The number of Topliss-reactive ketones (excluding diaryl/α,β-unsaturated/α-hetero) is 1. The summed E-state index contributed by atoms with van der Waals surface area (Å²) in [6.45, 7) is 3.47. The first-order valence-corrected chi connectivity index (χ1v) is 8.40. The van der Waals surface area contributed by atoms with E-state index in [0.717, 1.165) is 12.1 Å². The Bertz CT molecular complexity index is 1050. The average molecular weight is 406 g/mol. The molecule has 2 heterocycles. The summed E-state index contributed by atoms with van der Waals surface area (Å²) in [5.74, 6) is -4.40. The summed E-state index contributed by atoms with van der Waals surface area (Å²) in [6, 6.07) is 4.95. The second-order valence-electron chi connectivity index (χ2n) is 6.34. The second kappa shape index (κ2) is 7.50. The van der Waals surface area contributed by atoms with Crippen molar-refractivity contribution in [1.82, 2.24) is 10.3 Å². The van der Waals surface area contributed by atoms with Crippen LogP contribution in [0.25, 0.3) is 17.3 Å². The van der Waals surface area contributed by atoms with Crippen molar-refractivity contribution in [3.8, 4) is 11.3 Å². The van der Waals surface area contributed by atoms with E-state index < -0.39 is 41.1 Å². The van der Waals surface area contributed by atoms with Gasteiger partial charge in [-0.3, -0.25) is 19.7 Å². The fourth-order valence-electron chi connectivity index (χ4n) is 2.92. The highest BCUT2D eigenvalue weighted by Gasteiger charge is 2.37. The highest BCUT2D eigenvalue weighted by atomic mass is 19.4. The van der Waals surface area contributed by atoms with Crippen LogP contribution in [0.4, 0.5) is 17.6 Å². The summed E-state index contributed by atoms with van der Waals surface area (Å²) in [4.78, 5) is 38.9. The van der Waals surface area contributed by atoms with Crippen molar-refractivity contribution < 1.29 is 31.9 Å². The summed E-state index contributed by atoms with van der Waals surface area (Å²) in [6.07, 6.45) is -2.03. The number of hydrogen-bond acceptors (Lipinski definition) is 3. The number of halogens is 4. The van der Waals surface area contributed by atoms with E-state index in [1.54, 1.807) is 0 Å². The second-order valence-corrected chi connectivity index (χ2v) is 6.34. The summed E-state index contributed by atoms with van der Waals surface area (Å²) in [5.41, 5.74) is -1.09. The number of piperidine rings is 1. The van der Waals surface area contributed by atoms with Gasteiger partial charge >= 0.3 is 6.18 Å². The first-order chi connectivity index (χ1) is 13.6. The maximum absolute atomic E-state index is 14.1. The van der Waals surface area contributed by atoms with Crippen molar-refractivity contribution in [3.05, 3.63) is 65.6 Å². The minimum Gasteiger partial charge on any atom is -0.355 e. The molecule has 1 fully saturated rings. The van der Waals surface area contributed by atoms with Crippen molar-refractivity contribution >= 4 is 23.7 Å². The lowest BCUT2D eigenvalue weighted by molar-refractivity contribution is -0.140. The largest absolute Gasteiger partial charge is 0.416 e. The Morgan fingerprint density at radius 2 is 1.83 bits per heavy atom. The van der Waals surface area contributed by atoms with Gasteiger partial charge in [0.1, 0.15) is 11.7 Å². The number of imide groups is 1. The Kier molecular flexibility index (Phi) is 5.23.